The molecule has 0 atom stereocenters. The van der Waals surface area contributed by atoms with E-state index in [1.807, 2.05) is 0 Å². The van der Waals surface area contributed by atoms with Gasteiger partial charge in [-0.15, -0.1) is 0 Å². The van der Waals surface area contributed by atoms with Crippen LogP contribution in [0.5, 0.6) is 0 Å². The Morgan fingerprint density at radius 1 is 0.278 bits per heavy atom. The lowest BCUT2D eigenvalue weighted by Gasteiger charge is -2.35. The van der Waals surface area contributed by atoms with Gasteiger partial charge in [0.05, 0.1) is 16.5 Å². The summed E-state index contributed by atoms with van der Waals surface area (Å²) in [7, 11) is 0. The van der Waals surface area contributed by atoms with Gasteiger partial charge < -0.3 is 4.90 Å². The minimum atomic E-state index is -0.552. The summed E-state index contributed by atoms with van der Waals surface area (Å²) in [5, 5.41) is 0. The molecule has 3 aliphatic carbocycles. The highest BCUT2D eigenvalue weighted by molar-refractivity contribution is 5.99. The van der Waals surface area contributed by atoms with Crippen molar-refractivity contribution in [2.45, 2.75) is 30.1 Å². The van der Waals surface area contributed by atoms with Gasteiger partial charge in [0.2, 0.25) is 0 Å². The fourth-order valence-electron chi connectivity index (χ4n) is 13.5. The van der Waals surface area contributed by atoms with Gasteiger partial charge in [-0.3, -0.25) is 0 Å². The summed E-state index contributed by atoms with van der Waals surface area (Å²) >= 11 is 0. The molecule has 0 heterocycles. The first-order valence-electron chi connectivity index (χ1n) is 25.3. The van der Waals surface area contributed by atoms with E-state index in [0.717, 1.165) is 17.1 Å². The van der Waals surface area contributed by atoms with Gasteiger partial charge in [-0.1, -0.05) is 257 Å². The van der Waals surface area contributed by atoms with E-state index in [9.17, 15) is 0 Å². The van der Waals surface area contributed by atoms with Crippen LogP contribution < -0.4 is 4.90 Å². The first kappa shape index (κ1) is 42.1. The lowest BCUT2D eigenvalue weighted by molar-refractivity contribution is 0.660. The zero-order valence-corrected chi connectivity index (χ0v) is 40.4. The molecule has 0 saturated heterocycles. The third-order valence-electron chi connectivity index (χ3n) is 16.4. The van der Waals surface area contributed by atoms with Crippen LogP contribution in [0.3, 0.4) is 0 Å². The van der Waals surface area contributed by atoms with E-state index >= 15 is 0 Å². The molecule has 0 spiro atoms. The Morgan fingerprint density at radius 2 is 0.708 bits per heavy atom. The summed E-state index contributed by atoms with van der Waals surface area (Å²) in [5.74, 6) is 0. The molecule has 14 rings (SSSR count). The van der Waals surface area contributed by atoms with Gasteiger partial charge in [0, 0.05) is 22.4 Å². The van der Waals surface area contributed by atoms with Crippen LogP contribution in [0.4, 0.5) is 17.1 Å². The van der Waals surface area contributed by atoms with Crippen molar-refractivity contribution in [3.63, 3.8) is 0 Å². The molecular formula is C71H51N. The highest BCUT2D eigenvalue weighted by atomic mass is 15.1. The number of hydrogen-bond donors (Lipinski definition) is 0. The summed E-state index contributed by atoms with van der Waals surface area (Å²) in [6, 6.07) is 102. The molecule has 11 aromatic carbocycles. The van der Waals surface area contributed by atoms with Gasteiger partial charge in [0.15, 0.2) is 0 Å². The summed E-state index contributed by atoms with van der Waals surface area (Å²) in [4.78, 5) is 2.56. The van der Waals surface area contributed by atoms with Crippen molar-refractivity contribution in [1.82, 2.24) is 0 Å². The first-order chi connectivity index (χ1) is 35.5. The highest BCUT2D eigenvalue weighted by Gasteiger charge is 2.49. The second-order valence-electron chi connectivity index (χ2n) is 20.3. The lowest BCUT2D eigenvalue weighted by atomic mass is 9.66. The number of nitrogens with zero attached hydrogens (tertiary/aromatic N) is 1. The Labute approximate surface area is 423 Å². The molecule has 0 radical (unpaired) electrons. The number of anilines is 3. The molecule has 340 valence electrons. The number of hydrogen-bond acceptors (Lipinski definition) is 1. The molecule has 0 unspecified atom stereocenters. The Bertz CT molecular complexity index is 3810. The molecule has 0 saturated carbocycles. The van der Waals surface area contributed by atoms with E-state index in [4.69, 9.17) is 0 Å². The van der Waals surface area contributed by atoms with Crippen LogP contribution in [-0.2, 0) is 16.2 Å². The first-order valence-corrected chi connectivity index (χ1v) is 25.3. The van der Waals surface area contributed by atoms with Crippen molar-refractivity contribution in [2.24, 2.45) is 0 Å². The van der Waals surface area contributed by atoms with Crippen molar-refractivity contribution in [3.05, 3.63) is 329 Å². The Kier molecular flexibility index (Phi) is 9.44. The second-order valence-corrected chi connectivity index (χ2v) is 20.3. The fraction of sp³-hybridized carbons (Fsp3) is 0.0704. The maximum Gasteiger partial charge on any atom is 0.0719 e. The van der Waals surface area contributed by atoms with Gasteiger partial charge in [0.1, 0.15) is 0 Å². The molecule has 0 aromatic heterocycles. The molecular weight excluding hydrogens is 867 g/mol. The highest BCUT2D eigenvalue weighted by Crippen LogP contribution is 2.62. The molecule has 0 aliphatic heterocycles. The smallest absolute Gasteiger partial charge is 0.0719 e. The van der Waals surface area contributed by atoms with E-state index in [1.165, 1.54) is 100 Å². The molecule has 0 amide bonds. The van der Waals surface area contributed by atoms with Gasteiger partial charge >= 0.3 is 0 Å². The van der Waals surface area contributed by atoms with Crippen LogP contribution in [0.25, 0.3) is 44.5 Å². The van der Waals surface area contributed by atoms with Gasteiger partial charge in [0.25, 0.3) is 0 Å². The zero-order valence-electron chi connectivity index (χ0n) is 40.4. The maximum atomic E-state index is 2.56. The molecule has 72 heavy (non-hydrogen) atoms. The normalized spacial score (nSPS) is 14.6. The van der Waals surface area contributed by atoms with Crippen LogP contribution >= 0.6 is 0 Å². The lowest BCUT2D eigenvalue weighted by Crippen LogP contribution is -2.29. The monoisotopic (exact) mass is 917 g/mol. The van der Waals surface area contributed by atoms with Crippen molar-refractivity contribution in [2.75, 3.05) is 4.90 Å². The minimum Gasteiger partial charge on any atom is -0.310 e. The average Bonchev–Trinajstić information content (AvgIpc) is 4.02. The zero-order chi connectivity index (χ0) is 48.0. The van der Waals surface area contributed by atoms with Crippen LogP contribution in [0.2, 0.25) is 0 Å². The summed E-state index contributed by atoms with van der Waals surface area (Å²) in [5.41, 5.74) is 25.1. The predicted molar refractivity (Wildman–Crippen MR) is 299 cm³/mol. The fourth-order valence-corrected chi connectivity index (χ4v) is 13.5. The van der Waals surface area contributed by atoms with Gasteiger partial charge in [-0.05, 0) is 125 Å². The van der Waals surface area contributed by atoms with E-state index in [1.54, 1.807) is 0 Å². The average molecular weight is 918 g/mol. The topological polar surface area (TPSA) is 3.24 Å². The molecule has 0 bridgehead atoms. The largest absolute Gasteiger partial charge is 0.310 e. The second kappa shape index (κ2) is 16.1. The van der Waals surface area contributed by atoms with Crippen LogP contribution in [-0.4, -0.2) is 0 Å². The van der Waals surface area contributed by atoms with Crippen molar-refractivity contribution in [3.8, 4) is 44.5 Å². The quantitative estimate of drug-likeness (QED) is 0.147. The Hall–Kier alpha value is -8.78. The van der Waals surface area contributed by atoms with E-state index < -0.39 is 10.8 Å². The van der Waals surface area contributed by atoms with Crippen LogP contribution in [0.15, 0.2) is 273 Å². The maximum absolute atomic E-state index is 2.56. The number of rotatable bonds is 8. The van der Waals surface area contributed by atoms with Crippen molar-refractivity contribution < 1.29 is 0 Å². The molecule has 1 heteroatoms. The molecule has 0 fully saturated rings. The third kappa shape index (κ3) is 5.83. The summed E-state index contributed by atoms with van der Waals surface area (Å²) in [6.07, 6.45) is 0. The SMILES string of the molecule is CC1(C)c2ccccc2-c2ccc(N(c3cccc(-c4cccc5c4C(c4ccccc4)(c4ccccc4)c4ccccc4-5)c3)c3cccc4c3-c3ccccc3C4(c3ccccc3)c3ccccc3)cc21. The van der Waals surface area contributed by atoms with Crippen LogP contribution in [0.1, 0.15) is 69.5 Å². The molecule has 1 nitrogen and oxygen atoms in total. The van der Waals surface area contributed by atoms with E-state index in [0.29, 0.717) is 0 Å². The van der Waals surface area contributed by atoms with Crippen molar-refractivity contribution >= 4 is 17.1 Å². The van der Waals surface area contributed by atoms with E-state index in [2.05, 4.69) is 292 Å². The summed E-state index contributed by atoms with van der Waals surface area (Å²) < 4.78 is 0. The number of benzene rings is 11. The predicted octanol–water partition coefficient (Wildman–Crippen LogP) is 17.9. The number of fused-ring (bicyclic) bond motifs is 9. The summed E-state index contributed by atoms with van der Waals surface area (Å²) in [6.45, 7) is 4.77. The standard InChI is InChI=1S/C71H51N/c1-69(2)61-39-18-15-34-56(61)58-45-44-54(47-65(58)69)72(66-43-23-42-64-67(66)60-36-17-20-41-63(60)70(64,49-25-7-3-8-26-49)50-27-9-4-10-28-50)53-33-21-24-48(46-53)55-37-22-38-59-57-35-16-19-40-62(57)71(68(55)59,51-29-11-5-12-30-51)52-31-13-6-14-32-52/h3-47H,1-2H3. The Morgan fingerprint density at radius 3 is 1.33 bits per heavy atom. The molecule has 3 aliphatic rings. The van der Waals surface area contributed by atoms with Gasteiger partial charge in [-0.25, -0.2) is 0 Å². The van der Waals surface area contributed by atoms with E-state index in [-0.39, 0.29) is 5.41 Å². The Balaban J connectivity index is 1.05. The minimum absolute atomic E-state index is 0.186. The van der Waals surface area contributed by atoms with Gasteiger partial charge in [-0.2, -0.15) is 0 Å². The van der Waals surface area contributed by atoms with Crippen LogP contribution in [0, 0.1) is 0 Å². The van der Waals surface area contributed by atoms with Crippen molar-refractivity contribution in [1.29, 1.82) is 0 Å². The molecule has 11 aromatic rings. The third-order valence-corrected chi connectivity index (χ3v) is 16.4. The molecule has 0 N–H and O–H groups in total.